The second kappa shape index (κ2) is 7.34. The summed E-state index contributed by atoms with van der Waals surface area (Å²) in [6, 6.07) is 15.6. The van der Waals surface area contributed by atoms with Crippen molar-refractivity contribution in [2.24, 2.45) is 5.92 Å². The molecule has 0 saturated heterocycles. The van der Waals surface area contributed by atoms with Gasteiger partial charge in [-0.2, -0.15) is 0 Å². The number of para-hydroxylation sites is 1. The van der Waals surface area contributed by atoms with Crippen molar-refractivity contribution in [2.45, 2.75) is 12.8 Å². The topological polar surface area (TPSA) is 29.5 Å². The minimum absolute atomic E-state index is 0.327. The minimum atomic E-state index is 0.327. The Kier molecular flexibility index (Phi) is 5.48. The first kappa shape index (κ1) is 14.9. The van der Waals surface area contributed by atoms with Gasteiger partial charge in [-0.25, -0.2) is 0 Å². The quantitative estimate of drug-likeness (QED) is 0.802. The van der Waals surface area contributed by atoms with Crippen LogP contribution in [0.25, 0.3) is 0 Å². The Bertz CT molecular complexity index is 554. The highest BCUT2D eigenvalue weighted by molar-refractivity contribution is 9.09. The Morgan fingerprint density at radius 3 is 2.60 bits per heavy atom. The number of hydrogen-bond acceptors (Lipinski definition) is 2. The van der Waals surface area contributed by atoms with Gasteiger partial charge in [0.15, 0.2) is 0 Å². The largest absolute Gasteiger partial charge is 0.508 e. The first-order chi connectivity index (χ1) is 9.72. The van der Waals surface area contributed by atoms with Gasteiger partial charge in [-0.15, -0.1) is 0 Å². The van der Waals surface area contributed by atoms with E-state index in [0.29, 0.717) is 11.7 Å². The molecule has 3 heteroatoms. The molecule has 0 spiro atoms. The molecule has 2 rings (SSSR count). The molecule has 2 aromatic rings. The van der Waals surface area contributed by atoms with E-state index < -0.39 is 0 Å². The van der Waals surface area contributed by atoms with Crippen LogP contribution in [0.3, 0.4) is 0 Å². The number of phenols is 1. The van der Waals surface area contributed by atoms with E-state index >= 15 is 0 Å². The maximum Gasteiger partial charge on any atom is 0.122 e. The molecule has 0 radical (unpaired) electrons. The van der Waals surface area contributed by atoms with Gasteiger partial charge in [0.1, 0.15) is 11.5 Å². The first-order valence-electron chi connectivity index (χ1n) is 6.68. The van der Waals surface area contributed by atoms with Crippen LogP contribution in [-0.2, 0) is 12.8 Å². The number of ether oxygens (including phenoxy) is 1. The predicted octanol–water partition coefficient (Wildman–Crippen LogP) is 4.20. The predicted molar refractivity (Wildman–Crippen MR) is 85.8 cm³/mol. The number of halogens is 1. The van der Waals surface area contributed by atoms with Gasteiger partial charge < -0.3 is 9.84 Å². The average Bonchev–Trinajstić information content (AvgIpc) is 2.47. The Morgan fingerprint density at radius 1 is 1.10 bits per heavy atom. The molecule has 0 aliphatic rings. The summed E-state index contributed by atoms with van der Waals surface area (Å²) < 4.78 is 5.40. The normalized spacial score (nSPS) is 12.1. The van der Waals surface area contributed by atoms with Crippen LogP contribution in [0.2, 0.25) is 0 Å². The van der Waals surface area contributed by atoms with E-state index in [1.54, 1.807) is 13.2 Å². The van der Waals surface area contributed by atoms with Crippen molar-refractivity contribution in [3.05, 3.63) is 59.7 Å². The van der Waals surface area contributed by atoms with Gasteiger partial charge in [0, 0.05) is 5.33 Å². The number of hydrogen-bond donors (Lipinski definition) is 1. The van der Waals surface area contributed by atoms with Crippen LogP contribution in [0.5, 0.6) is 11.5 Å². The molecule has 0 heterocycles. The molecule has 0 saturated carbocycles. The summed E-state index contributed by atoms with van der Waals surface area (Å²) in [6.45, 7) is 0. The van der Waals surface area contributed by atoms with Crippen LogP contribution in [0.15, 0.2) is 48.5 Å². The first-order valence-corrected chi connectivity index (χ1v) is 7.81. The van der Waals surface area contributed by atoms with Crippen LogP contribution in [0, 0.1) is 5.92 Å². The Labute approximate surface area is 128 Å². The fourth-order valence-electron chi connectivity index (χ4n) is 2.38. The lowest BCUT2D eigenvalue weighted by atomic mass is 9.93. The molecule has 0 aromatic heterocycles. The average molecular weight is 335 g/mol. The minimum Gasteiger partial charge on any atom is -0.508 e. The van der Waals surface area contributed by atoms with E-state index in [2.05, 4.69) is 28.1 Å². The van der Waals surface area contributed by atoms with Crippen LogP contribution >= 0.6 is 15.9 Å². The summed E-state index contributed by atoms with van der Waals surface area (Å²) in [4.78, 5) is 0. The van der Waals surface area contributed by atoms with Crippen molar-refractivity contribution in [1.29, 1.82) is 0 Å². The molecule has 0 bridgehead atoms. The molecule has 106 valence electrons. The third-order valence-electron chi connectivity index (χ3n) is 3.35. The van der Waals surface area contributed by atoms with Gasteiger partial charge in [0.05, 0.1) is 7.11 Å². The van der Waals surface area contributed by atoms with E-state index in [1.165, 1.54) is 5.56 Å². The second-order valence-electron chi connectivity index (χ2n) is 4.91. The molecule has 2 nitrogen and oxygen atoms in total. The number of methoxy groups -OCH3 is 1. The molecular formula is C17H19BrO2. The van der Waals surface area contributed by atoms with Crippen molar-refractivity contribution in [1.82, 2.24) is 0 Å². The number of phenolic OH excluding ortho intramolecular Hbond substituents is 1. The monoisotopic (exact) mass is 334 g/mol. The summed E-state index contributed by atoms with van der Waals surface area (Å²) >= 11 is 3.59. The van der Waals surface area contributed by atoms with Crippen LogP contribution in [0.4, 0.5) is 0 Å². The molecule has 0 amide bonds. The molecule has 0 fully saturated rings. The lowest BCUT2D eigenvalue weighted by Gasteiger charge is -2.16. The number of aromatic hydroxyl groups is 1. The van der Waals surface area contributed by atoms with Crippen molar-refractivity contribution in [3.8, 4) is 11.5 Å². The van der Waals surface area contributed by atoms with Gasteiger partial charge in [-0.05, 0) is 48.1 Å². The van der Waals surface area contributed by atoms with E-state index in [1.807, 2.05) is 30.3 Å². The fourth-order valence-corrected chi connectivity index (χ4v) is 2.84. The highest BCUT2D eigenvalue weighted by Crippen LogP contribution is 2.24. The SMILES string of the molecule is COc1ccccc1CC(CBr)Cc1cccc(O)c1. The Morgan fingerprint density at radius 2 is 1.90 bits per heavy atom. The highest BCUT2D eigenvalue weighted by atomic mass is 79.9. The summed E-state index contributed by atoms with van der Waals surface area (Å²) in [7, 11) is 1.71. The smallest absolute Gasteiger partial charge is 0.122 e. The van der Waals surface area contributed by atoms with E-state index in [0.717, 1.165) is 29.5 Å². The third kappa shape index (κ3) is 4.01. The van der Waals surface area contributed by atoms with Gasteiger partial charge in [-0.1, -0.05) is 46.3 Å². The van der Waals surface area contributed by atoms with Crippen molar-refractivity contribution >= 4 is 15.9 Å². The van der Waals surface area contributed by atoms with Crippen LogP contribution in [-0.4, -0.2) is 17.5 Å². The van der Waals surface area contributed by atoms with Crippen LogP contribution < -0.4 is 4.74 Å². The molecule has 0 aliphatic carbocycles. The Balaban J connectivity index is 2.09. The maximum atomic E-state index is 9.54. The lowest BCUT2D eigenvalue weighted by molar-refractivity contribution is 0.405. The number of alkyl halides is 1. The maximum absolute atomic E-state index is 9.54. The summed E-state index contributed by atoms with van der Waals surface area (Å²) in [5.74, 6) is 1.73. The molecule has 20 heavy (non-hydrogen) atoms. The zero-order valence-corrected chi connectivity index (χ0v) is 13.1. The molecule has 2 aromatic carbocycles. The van der Waals surface area contributed by atoms with Gasteiger partial charge in [0.2, 0.25) is 0 Å². The number of benzene rings is 2. The summed E-state index contributed by atoms with van der Waals surface area (Å²) in [5.41, 5.74) is 2.38. The molecule has 1 atom stereocenters. The highest BCUT2D eigenvalue weighted by Gasteiger charge is 2.12. The second-order valence-corrected chi connectivity index (χ2v) is 5.56. The Hall–Kier alpha value is -1.48. The van der Waals surface area contributed by atoms with Crippen LogP contribution in [0.1, 0.15) is 11.1 Å². The van der Waals surface area contributed by atoms with E-state index in [-0.39, 0.29) is 0 Å². The zero-order valence-electron chi connectivity index (χ0n) is 11.6. The van der Waals surface area contributed by atoms with E-state index in [4.69, 9.17) is 4.74 Å². The van der Waals surface area contributed by atoms with Gasteiger partial charge in [-0.3, -0.25) is 0 Å². The third-order valence-corrected chi connectivity index (χ3v) is 4.27. The standard InChI is InChI=1S/C17H19BrO2/c1-20-17-8-3-2-6-15(17)10-14(12-18)9-13-5-4-7-16(19)11-13/h2-8,11,14,19H,9-10,12H2,1H3. The van der Waals surface area contributed by atoms with Crippen molar-refractivity contribution in [2.75, 3.05) is 12.4 Å². The zero-order chi connectivity index (χ0) is 14.4. The molecule has 0 aliphatic heterocycles. The van der Waals surface area contributed by atoms with Gasteiger partial charge >= 0.3 is 0 Å². The lowest BCUT2D eigenvalue weighted by Crippen LogP contribution is -2.10. The molecule has 1 N–H and O–H groups in total. The summed E-state index contributed by atoms with van der Waals surface area (Å²) in [5, 5.41) is 10.5. The molecular weight excluding hydrogens is 316 g/mol. The van der Waals surface area contributed by atoms with Crippen molar-refractivity contribution in [3.63, 3.8) is 0 Å². The van der Waals surface area contributed by atoms with E-state index in [9.17, 15) is 5.11 Å². The van der Waals surface area contributed by atoms with Gasteiger partial charge in [0.25, 0.3) is 0 Å². The van der Waals surface area contributed by atoms with Crippen molar-refractivity contribution < 1.29 is 9.84 Å². The molecule has 1 unspecified atom stereocenters. The fraction of sp³-hybridized carbons (Fsp3) is 0.294. The summed E-state index contributed by atoms with van der Waals surface area (Å²) in [6.07, 6.45) is 1.88. The number of rotatable bonds is 6.